The number of imide groups is 1. The maximum absolute atomic E-state index is 13.0. The number of benzene rings is 3. The largest absolute Gasteiger partial charge is 0.490 e. The number of thioether (sulfide) groups is 1. The second kappa shape index (κ2) is 11.4. The lowest BCUT2D eigenvalue weighted by Crippen LogP contribution is -2.27. The molecular formula is C25H19BrN2O8S2. The summed E-state index contributed by atoms with van der Waals surface area (Å²) in [5.41, 5.74) is 0.464. The van der Waals surface area contributed by atoms with Crippen LogP contribution >= 0.6 is 27.7 Å². The van der Waals surface area contributed by atoms with Crippen LogP contribution in [0, 0.1) is 10.1 Å². The van der Waals surface area contributed by atoms with E-state index in [2.05, 4.69) is 15.9 Å². The van der Waals surface area contributed by atoms with Crippen molar-refractivity contribution < 1.29 is 31.9 Å². The predicted molar refractivity (Wildman–Crippen MR) is 144 cm³/mol. The SMILES string of the molecule is CCOc1cc(/C=C2\SC(=O)N(Cc3ccccc3[N+](=O)[O-])C2=O)cc(Br)c1OS(=O)(=O)c1ccccc1. The van der Waals surface area contributed by atoms with Crippen molar-refractivity contribution in [1.29, 1.82) is 0 Å². The lowest BCUT2D eigenvalue weighted by atomic mass is 10.1. The molecule has 0 saturated carbocycles. The highest BCUT2D eigenvalue weighted by atomic mass is 79.9. The summed E-state index contributed by atoms with van der Waals surface area (Å²) in [6.45, 7) is 1.66. The average Bonchev–Trinajstić information content (AvgIpc) is 3.14. The van der Waals surface area contributed by atoms with Crippen molar-refractivity contribution in [2.75, 3.05) is 6.61 Å². The Balaban J connectivity index is 1.63. The monoisotopic (exact) mass is 618 g/mol. The van der Waals surface area contributed by atoms with Crippen molar-refractivity contribution in [2.45, 2.75) is 18.4 Å². The van der Waals surface area contributed by atoms with E-state index < -0.39 is 26.2 Å². The molecule has 3 aromatic rings. The van der Waals surface area contributed by atoms with Gasteiger partial charge >= 0.3 is 10.1 Å². The standard InChI is InChI=1S/C25H19BrN2O8S2/c1-2-35-21-13-16(12-19(26)23(21)36-38(33,34)18-9-4-3-5-10-18)14-22-24(29)27(25(30)37-22)15-17-8-6-7-11-20(17)28(31)32/h3-14H,2,15H2,1H3/b22-14-. The molecule has 0 radical (unpaired) electrons. The molecule has 1 aliphatic heterocycles. The van der Waals surface area contributed by atoms with Crippen LogP contribution in [0.25, 0.3) is 6.08 Å². The number of ether oxygens (including phenoxy) is 1. The molecule has 0 N–H and O–H groups in total. The second-order valence-electron chi connectivity index (χ2n) is 7.77. The maximum Gasteiger partial charge on any atom is 0.339 e. The van der Waals surface area contributed by atoms with Crippen molar-refractivity contribution in [2.24, 2.45) is 0 Å². The molecule has 4 rings (SSSR count). The molecule has 1 saturated heterocycles. The minimum Gasteiger partial charge on any atom is -0.490 e. The van der Waals surface area contributed by atoms with Gasteiger partial charge in [0.2, 0.25) is 0 Å². The Labute approximate surface area is 230 Å². The van der Waals surface area contributed by atoms with Crippen molar-refractivity contribution in [3.63, 3.8) is 0 Å². The van der Waals surface area contributed by atoms with E-state index in [0.29, 0.717) is 17.3 Å². The first kappa shape index (κ1) is 27.4. The molecule has 196 valence electrons. The summed E-state index contributed by atoms with van der Waals surface area (Å²) >= 11 is 4.01. The maximum atomic E-state index is 13.0. The number of carbonyl (C=O) groups is 2. The Morgan fingerprint density at radius 1 is 1.08 bits per heavy atom. The average molecular weight is 619 g/mol. The van der Waals surface area contributed by atoms with Gasteiger partial charge in [0, 0.05) is 11.6 Å². The first-order valence-corrected chi connectivity index (χ1v) is 14.1. The molecule has 1 heterocycles. The molecule has 0 atom stereocenters. The second-order valence-corrected chi connectivity index (χ2v) is 11.2. The number of nitrogens with zero attached hydrogens (tertiary/aromatic N) is 2. The fraction of sp³-hybridized carbons (Fsp3) is 0.120. The van der Waals surface area contributed by atoms with Crippen molar-refractivity contribution in [1.82, 2.24) is 4.90 Å². The molecule has 0 bridgehead atoms. The summed E-state index contributed by atoms with van der Waals surface area (Å²) in [4.78, 5) is 37.3. The number of hydrogen-bond donors (Lipinski definition) is 0. The zero-order chi connectivity index (χ0) is 27.4. The van der Waals surface area contributed by atoms with Crippen LogP contribution in [0.4, 0.5) is 10.5 Å². The van der Waals surface area contributed by atoms with Gasteiger partial charge in [0.05, 0.1) is 27.5 Å². The Kier molecular flexibility index (Phi) is 8.19. The Bertz CT molecular complexity index is 1560. The highest BCUT2D eigenvalue weighted by Crippen LogP contribution is 2.41. The third-order valence-electron chi connectivity index (χ3n) is 5.24. The van der Waals surface area contributed by atoms with E-state index >= 15 is 0 Å². The molecule has 0 unspecified atom stereocenters. The summed E-state index contributed by atoms with van der Waals surface area (Å²) in [5.74, 6) is -0.580. The van der Waals surface area contributed by atoms with E-state index in [1.54, 1.807) is 31.2 Å². The fourth-order valence-electron chi connectivity index (χ4n) is 3.54. The van der Waals surface area contributed by atoms with Gasteiger partial charge in [-0.15, -0.1) is 0 Å². The number of nitro groups is 1. The van der Waals surface area contributed by atoms with Gasteiger partial charge in [-0.3, -0.25) is 24.6 Å². The van der Waals surface area contributed by atoms with E-state index in [1.807, 2.05) is 0 Å². The van der Waals surface area contributed by atoms with Crippen LogP contribution < -0.4 is 8.92 Å². The zero-order valence-electron chi connectivity index (χ0n) is 19.7. The van der Waals surface area contributed by atoms with Gasteiger partial charge in [-0.05, 0) is 70.5 Å². The van der Waals surface area contributed by atoms with E-state index in [1.165, 1.54) is 48.5 Å². The highest BCUT2D eigenvalue weighted by molar-refractivity contribution is 9.10. The van der Waals surface area contributed by atoms with Gasteiger partial charge in [0.15, 0.2) is 11.5 Å². The van der Waals surface area contributed by atoms with Gasteiger partial charge in [-0.1, -0.05) is 36.4 Å². The van der Waals surface area contributed by atoms with E-state index in [0.717, 1.165) is 4.90 Å². The summed E-state index contributed by atoms with van der Waals surface area (Å²) in [5, 5.41) is 10.7. The number of halogens is 1. The number of amides is 2. The summed E-state index contributed by atoms with van der Waals surface area (Å²) < 4.78 is 36.7. The minimum atomic E-state index is -4.16. The van der Waals surface area contributed by atoms with E-state index in [4.69, 9.17) is 8.92 Å². The molecular weight excluding hydrogens is 600 g/mol. The molecule has 13 heteroatoms. The molecule has 2 amide bonds. The van der Waals surface area contributed by atoms with Crippen molar-refractivity contribution in [3.05, 3.63) is 97.3 Å². The number of hydrogen-bond acceptors (Lipinski definition) is 9. The summed E-state index contributed by atoms with van der Waals surface area (Å²) in [6.07, 6.45) is 1.45. The van der Waals surface area contributed by atoms with Crippen LogP contribution in [-0.4, -0.2) is 36.0 Å². The Morgan fingerprint density at radius 3 is 2.45 bits per heavy atom. The van der Waals surface area contributed by atoms with Crippen molar-refractivity contribution >= 4 is 60.7 Å². The predicted octanol–water partition coefficient (Wildman–Crippen LogP) is 5.76. The summed E-state index contributed by atoms with van der Waals surface area (Å²) in [6, 6.07) is 16.5. The van der Waals surface area contributed by atoms with Gasteiger partial charge in [0.1, 0.15) is 4.90 Å². The van der Waals surface area contributed by atoms with E-state index in [9.17, 15) is 28.1 Å². The molecule has 1 fully saturated rings. The molecule has 0 aliphatic carbocycles. The number of nitro benzene ring substituents is 1. The smallest absolute Gasteiger partial charge is 0.339 e. The van der Waals surface area contributed by atoms with Crippen LogP contribution in [0.2, 0.25) is 0 Å². The quantitative estimate of drug-likeness (QED) is 0.127. The van der Waals surface area contributed by atoms with Gasteiger partial charge in [-0.25, -0.2) is 0 Å². The third-order valence-corrected chi connectivity index (χ3v) is 7.98. The van der Waals surface area contributed by atoms with Gasteiger partial charge in [-0.2, -0.15) is 8.42 Å². The van der Waals surface area contributed by atoms with Gasteiger partial charge < -0.3 is 8.92 Å². The van der Waals surface area contributed by atoms with Crippen LogP contribution in [0.15, 0.2) is 81.0 Å². The van der Waals surface area contributed by atoms with Crippen LogP contribution in [0.5, 0.6) is 11.5 Å². The fourth-order valence-corrected chi connectivity index (χ4v) is 6.00. The lowest BCUT2D eigenvalue weighted by molar-refractivity contribution is -0.385. The van der Waals surface area contributed by atoms with Crippen LogP contribution in [0.3, 0.4) is 0 Å². The van der Waals surface area contributed by atoms with Crippen LogP contribution in [-0.2, 0) is 21.5 Å². The first-order chi connectivity index (χ1) is 18.1. The lowest BCUT2D eigenvalue weighted by Gasteiger charge is -2.15. The third kappa shape index (κ3) is 5.90. The number of para-hydroxylation sites is 1. The molecule has 10 nitrogen and oxygen atoms in total. The van der Waals surface area contributed by atoms with Crippen molar-refractivity contribution in [3.8, 4) is 11.5 Å². The number of carbonyl (C=O) groups excluding carboxylic acids is 2. The first-order valence-electron chi connectivity index (χ1n) is 11.0. The summed E-state index contributed by atoms with van der Waals surface area (Å²) in [7, 11) is -4.16. The van der Waals surface area contributed by atoms with Crippen LogP contribution in [0.1, 0.15) is 18.1 Å². The topological polar surface area (TPSA) is 133 Å². The van der Waals surface area contributed by atoms with E-state index in [-0.39, 0.29) is 50.2 Å². The number of rotatable bonds is 9. The Morgan fingerprint density at radius 2 is 1.76 bits per heavy atom. The molecule has 0 aromatic heterocycles. The molecule has 3 aromatic carbocycles. The highest BCUT2D eigenvalue weighted by Gasteiger charge is 2.36. The molecule has 0 spiro atoms. The van der Waals surface area contributed by atoms with Gasteiger partial charge in [0.25, 0.3) is 16.8 Å². The molecule has 1 aliphatic rings. The Hall–Kier alpha value is -3.68. The minimum absolute atomic E-state index is 0.0363. The zero-order valence-corrected chi connectivity index (χ0v) is 22.9. The normalized spacial score (nSPS) is 14.7. The molecule has 38 heavy (non-hydrogen) atoms.